The maximum atomic E-state index is 15.0. The molecule has 39 heavy (non-hydrogen) atoms. The molecule has 4 aromatic carbocycles. The number of ether oxygens (including phenoxy) is 3. The van der Waals surface area contributed by atoms with Crippen molar-refractivity contribution in [1.29, 1.82) is 0 Å². The summed E-state index contributed by atoms with van der Waals surface area (Å²) in [4.78, 5) is 23.4. The fourth-order valence-corrected chi connectivity index (χ4v) is 5.10. The molecule has 1 fully saturated rings. The van der Waals surface area contributed by atoms with Crippen LogP contribution in [0.4, 0.5) is 9.18 Å². The van der Waals surface area contributed by atoms with Gasteiger partial charge in [0.15, 0.2) is 0 Å². The van der Waals surface area contributed by atoms with Crippen molar-refractivity contribution in [3.05, 3.63) is 96.1 Å². The summed E-state index contributed by atoms with van der Waals surface area (Å²) in [7, 11) is 0. The number of carbonyl (C=O) groups is 2. The summed E-state index contributed by atoms with van der Waals surface area (Å²) in [6.07, 6.45) is 2.41. The molecule has 1 saturated heterocycles. The van der Waals surface area contributed by atoms with Crippen LogP contribution in [0.1, 0.15) is 30.9 Å². The van der Waals surface area contributed by atoms with E-state index in [-0.39, 0.29) is 5.56 Å². The summed E-state index contributed by atoms with van der Waals surface area (Å²) in [5.41, 5.74) is 1.10. The fourth-order valence-electron chi connectivity index (χ4n) is 4.43. The number of amides is 1. The first-order valence-electron chi connectivity index (χ1n) is 12.8. The predicted molar refractivity (Wildman–Crippen MR) is 150 cm³/mol. The molecule has 4 aromatic rings. The van der Waals surface area contributed by atoms with E-state index in [1.54, 1.807) is 12.1 Å². The Morgan fingerprint density at radius 3 is 2.46 bits per heavy atom. The molecule has 200 valence electrons. The molecule has 1 unspecified atom stereocenters. The van der Waals surface area contributed by atoms with Gasteiger partial charge in [-0.2, -0.15) is 0 Å². The van der Waals surface area contributed by atoms with Crippen LogP contribution in [-0.2, 0) is 17.0 Å². The Kier molecular flexibility index (Phi) is 8.02. The molecule has 0 spiro atoms. The van der Waals surface area contributed by atoms with Crippen molar-refractivity contribution in [3.8, 4) is 23.0 Å². The molecule has 1 heterocycles. The second-order valence-electron chi connectivity index (χ2n) is 9.14. The molecule has 1 N–H and O–H groups in total. The van der Waals surface area contributed by atoms with Crippen molar-refractivity contribution in [2.75, 3.05) is 13.2 Å². The van der Waals surface area contributed by atoms with Gasteiger partial charge in [-0.05, 0) is 53.8 Å². The third kappa shape index (κ3) is 6.01. The van der Waals surface area contributed by atoms with Crippen LogP contribution >= 0.6 is 11.8 Å². The van der Waals surface area contributed by atoms with Crippen molar-refractivity contribution in [1.82, 2.24) is 5.32 Å². The second-order valence-corrected chi connectivity index (χ2v) is 10.1. The molecular weight excluding hydrogens is 517 g/mol. The lowest BCUT2D eigenvalue weighted by atomic mass is 10.1. The number of thioether (sulfide) groups is 1. The molecule has 0 saturated carbocycles. The molecule has 0 bridgehead atoms. The largest absolute Gasteiger partial charge is 0.493 e. The van der Waals surface area contributed by atoms with E-state index in [2.05, 4.69) is 24.4 Å². The molecular formula is C31H28FNO5S. The number of nitrogens with one attached hydrogen (secondary N) is 1. The Morgan fingerprint density at radius 2 is 1.64 bits per heavy atom. The number of aryl methyl sites for hydroxylation is 1. The first kappa shape index (κ1) is 26.6. The summed E-state index contributed by atoms with van der Waals surface area (Å²) in [6, 6.07) is 26.2. The van der Waals surface area contributed by atoms with E-state index >= 15 is 4.39 Å². The van der Waals surface area contributed by atoms with Gasteiger partial charge in [0.05, 0.1) is 13.2 Å². The zero-order chi connectivity index (χ0) is 27.2. The molecule has 5 rings (SSSR count). The standard InChI is InChI=1S/C31H28FNO5S/c1-2-8-22-19-25(38-28-14-5-10-21-9-3-4-13-26(21)28)15-16-27(22)37-18-7-17-36-24-12-6-11-23(20-24)31(32)29(34)39-30(35)33-31/h3-6,9-16,19-20H,2,7-8,17-18H2,1H3,(H,33,35). The number of benzene rings is 4. The SMILES string of the molecule is CCCc1cc(Oc2cccc3ccccc23)ccc1OCCCOc1cccc(C2(F)NC(=O)SC2=O)c1. The molecule has 1 atom stereocenters. The van der Waals surface area contributed by atoms with Crippen molar-refractivity contribution in [2.45, 2.75) is 32.0 Å². The van der Waals surface area contributed by atoms with Crippen molar-refractivity contribution in [2.24, 2.45) is 0 Å². The Labute approximate surface area is 230 Å². The van der Waals surface area contributed by atoms with Gasteiger partial charge in [0.25, 0.3) is 16.1 Å². The van der Waals surface area contributed by atoms with Gasteiger partial charge in [0.1, 0.15) is 23.0 Å². The van der Waals surface area contributed by atoms with Crippen LogP contribution in [0.5, 0.6) is 23.0 Å². The molecule has 1 amide bonds. The number of fused-ring (bicyclic) bond motifs is 1. The molecule has 6 nitrogen and oxygen atoms in total. The van der Waals surface area contributed by atoms with Crippen molar-refractivity contribution < 1.29 is 28.2 Å². The van der Waals surface area contributed by atoms with Gasteiger partial charge in [-0.25, -0.2) is 4.39 Å². The number of rotatable bonds is 11. The Morgan fingerprint density at radius 1 is 0.846 bits per heavy atom. The minimum Gasteiger partial charge on any atom is -0.493 e. The van der Waals surface area contributed by atoms with Gasteiger partial charge in [-0.15, -0.1) is 0 Å². The minimum atomic E-state index is -2.54. The third-order valence-corrected chi connectivity index (χ3v) is 7.07. The highest BCUT2D eigenvalue weighted by Crippen LogP contribution is 2.37. The van der Waals surface area contributed by atoms with Gasteiger partial charge in [0.2, 0.25) is 0 Å². The maximum absolute atomic E-state index is 15.0. The van der Waals surface area contributed by atoms with Crippen LogP contribution in [0.2, 0.25) is 0 Å². The third-order valence-electron chi connectivity index (χ3n) is 6.32. The molecule has 0 radical (unpaired) electrons. The Bertz CT molecular complexity index is 1500. The van der Waals surface area contributed by atoms with E-state index in [9.17, 15) is 9.59 Å². The maximum Gasteiger partial charge on any atom is 0.289 e. The number of carbonyl (C=O) groups excluding carboxylic acids is 2. The van der Waals surface area contributed by atoms with Gasteiger partial charge in [0, 0.05) is 29.1 Å². The topological polar surface area (TPSA) is 73.9 Å². The first-order chi connectivity index (χ1) is 19.0. The zero-order valence-corrected chi connectivity index (χ0v) is 22.3. The second kappa shape index (κ2) is 11.8. The van der Waals surface area contributed by atoms with E-state index in [0.717, 1.165) is 46.4 Å². The summed E-state index contributed by atoms with van der Waals surface area (Å²) in [5, 5.41) is 2.68. The molecule has 8 heteroatoms. The molecule has 1 aliphatic rings. The molecule has 0 aliphatic carbocycles. The van der Waals surface area contributed by atoms with Crippen LogP contribution < -0.4 is 19.5 Å². The monoisotopic (exact) mass is 545 g/mol. The van der Waals surface area contributed by atoms with Crippen LogP contribution in [0.15, 0.2) is 84.9 Å². The van der Waals surface area contributed by atoms with E-state index in [1.165, 1.54) is 12.1 Å². The van der Waals surface area contributed by atoms with Crippen LogP contribution in [0.25, 0.3) is 10.8 Å². The van der Waals surface area contributed by atoms with Crippen molar-refractivity contribution >= 4 is 32.9 Å². The summed E-state index contributed by atoms with van der Waals surface area (Å²) in [6.45, 7) is 2.89. The highest BCUT2D eigenvalue weighted by molar-refractivity contribution is 8.26. The average molecular weight is 546 g/mol. The van der Waals surface area contributed by atoms with Gasteiger partial charge < -0.3 is 19.5 Å². The van der Waals surface area contributed by atoms with E-state index < -0.39 is 16.1 Å². The molecule has 1 aliphatic heterocycles. The average Bonchev–Trinajstić information content (AvgIpc) is 3.21. The van der Waals surface area contributed by atoms with E-state index in [0.29, 0.717) is 37.1 Å². The highest BCUT2D eigenvalue weighted by atomic mass is 32.2. The zero-order valence-electron chi connectivity index (χ0n) is 21.4. The predicted octanol–water partition coefficient (Wildman–Crippen LogP) is 7.54. The van der Waals surface area contributed by atoms with Gasteiger partial charge in [-0.3, -0.25) is 9.59 Å². The van der Waals surface area contributed by atoms with Crippen LogP contribution in [0.3, 0.4) is 0 Å². The quantitative estimate of drug-likeness (QED) is 0.155. The van der Waals surface area contributed by atoms with Crippen LogP contribution in [0, 0.1) is 0 Å². The fraction of sp³-hybridized carbons (Fsp3) is 0.226. The summed E-state index contributed by atoms with van der Waals surface area (Å²) >= 11 is 0.327. The lowest BCUT2D eigenvalue weighted by Gasteiger charge is -2.18. The van der Waals surface area contributed by atoms with E-state index in [1.807, 2.05) is 48.5 Å². The number of hydrogen-bond acceptors (Lipinski definition) is 6. The molecule has 0 aromatic heterocycles. The highest BCUT2D eigenvalue weighted by Gasteiger charge is 2.49. The van der Waals surface area contributed by atoms with Crippen LogP contribution in [-0.4, -0.2) is 23.6 Å². The lowest BCUT2D eigenvalue weighted by Crippen LogP contribution is -2.38. The summed E-state index contributed by atoms with van der Waals surface area (Å²) < 4.78 is 33.1. The Hall–Kier alpha value is -4.04. The van der Waals surface area contributed by atoms with E-state index in [4.69, 9.17) is 14.2 Å². The van der Waals surface area contributed by atoms with Gasteiger partial charge in [-0.1, -0.05) is 61.9 Å². The summed E-state index contributed by atoms with van der Waals surface area (Å²) in [5.74, 6) is 0.235. The minimum absolute atomic E-state index is 0.0367. The number of halogens is 1. The first-order valence-corrected chi connectivity index (χ1v) is 13.7. The Balaban J connectivity index is 1.17. The van der Waals surface area contributed by atoms with Gasteiger partial charge >= 0.3 is 0 Å². The lowest BCUT2D eigenvalue weighted by molar-refractivity contribution is -0.122. The normalized spacial score (nSPS) is 16.8. The number of hydrogen-bond donors (Lipinski definition) is 1. The number of alkyl halides is 1. The smallest absolute Gasteiger partial charge is 0.289 e. The van der Waals surface area contributed by atoms with Crippen molar-refractivity contribution in [3.63, 3.8) is 0 Å².